The molecule has 4 aromatic rings. The Morgan fingerprint density at radius 2 is 1.86 bits per heavy atom. The highest BCUT2D eigenvalue weighted by Gasteiger charge is 2.10. The summed E-state index contributed by atoms with van der Waals surface area (Å²) in [4.78, 5) is 7.72. The maximum atomic E-state index is 13.3. The average molecular weight is 297 g/mol. The Balaban J connectivity index is 2.00. The third kappa shape index (κ3) is 1.98. The van der Waals surface area contributed by atoms with Gasteiger partial charge >= 0.3 is 0 Å². The Morgan fingerprint density at radius 1 is 1.00 bits per heavy atom. The van der Waals surface area contributed by atoms with Crippen molar-refractivity contribution in [3.63, 3.8) is 0 Å². The van der Waals surface area contributed by atoms with E-state index in [4.69, 9.17) is 11.6 Å². The van der Waals surface area contributed by atoms with Crippen molar-refractivity contribution < 1.29 is 4.39 Å². The minimum Gasteiger partial charge on any atom is -0.360 e. The van der Waals surface area contributed by atoms with E-state index in [1.54, 1.807) is 6.07 Å². The zero-order valence-electron chi connectivity index (χ0n) is 10.9. The molecule has 2 aromatic carbocycles. The molecule has 0 radical (unpaired) electrons. The number of halogens is 2. The summed E-state index contributed by atoms with van der Waals surface area (Å²) >= 11 is 6.35. The second kappa shape index (κ2) is 4.57. The number of aromatic amines is 1. The molecule has 0 saturated heterocycles. The summed E-state index contributed by atoms with van der Waals surface area (Å²) in [6.45, 7) is 0. The lowest BCUT2D eigenvalue weighted by Gasteiger charge is -2.04. The van der Waals surface area contributed by atoms with Crippen LogP contribution in [0.3, 0.4) is 0 Å². The number of rotatable bonds is 1. The standard InChI is InChI=1S/C17H10ClFN2/c18-14-8-17(21-15-4-2-1-3-12(14)15)13-9-20-16-7-10(19)5-6-11(13)16/h1-9,20H. The van der Waals surface area contributed by atoms with Crippen LogP contribution in [0.1, 0.15) is 0 Å². The van der Waals surface area contributed by atoms with Gasteiger partial charge in [0.1, 0.15) is 5.82 Å². The molecular weight excluding hydrogens is 287 g/mol. The van der Waals surface area contributed by atoms with E-state index in [0.29, 0.717) is 5.02 Å². The summed E-state index contributed by atoms with van der Waals surface area (Å²) in [6, 6.07) is 14.3. The molecule has 0 bridgehead atoms. The third-order valence-electron chi connectivity index (χ3n) is 3.59. The molecule has 0 amide bonds. The molecule has 102 valence electrons. The fraction of sp³-hybridized carbons (Fsp3) is 0. The summed E-state index contributed by atoms with van der Waals surface area (Å²) < 4.78 is 13.3. The zero-order valence-corrected chi connectivity index (χ0v) is 11.7. The highest BCUT2D eigenvalue weighted by Crippen LogP contribution is 2.32. The molecule has 2 heterocycles. The van der Waals surface area contributed by atoms with Crippen LogP contribution in [0.15, 0.2) is 54.7 Å². The smallest absolute Gasteiger partial charge is 0.125 e. The van der Waals surface area contributed by atoms with Crippen LogP contribution in [0.4, 0.5) is 4.39 Å². The van der Waals surface area contributed by atoms with Crippen LogP contribution >= 0.6 is 11.6 Å². The highest BCUT2D eigenvalue weighted by atomic mass is 35.5. The molecule has 0 fully saturated rings. The Labute approximate surface area is 125 Å². The monoisotopic (exact) mass is 296 g/mol. The van der Waals surface area contributed by atoms with Crippen molar-refractivity contribution in [1.82, 2.24) is 9.97 Å². The Hall–Kier alpha value is -2.39. The van der Waals surface area contributed by atoms with Crippen LogP contribution < -0.4 is 0 Å². The van der Waals surface area contributed by atoms with Crippen molar-refractivity contribution in [1.29, 1.82) is 0 Å². The van der Waals surface area contributed by atoms with Gasteiger partial charge in [0.05, 0.1) is 16.2 Å². The van der Waals surface area contributed by atoms with Gasteiger partial charge in [-0.15, -0.1) is 0 Å². The second-order valence-electron chi connectivity index (χ2n) is 4.90. The fourth-order valence-electron chi connectivity index (χ4n) is 2.58. The molecule has 0 unspecified atom stereocenters. The van der Waals surface area contributed by atoms with E-state index in [-0.39, 0.29) is 5.82 Å². The number of aromatic nitrogens is 2. The van der Waals surface area contributed by atoms with Crippen molar-refractivity contribution in [3.05, 3.63) is 65.6 Å². The van der Waals surface area contributed by atoms with E-state index in [9.17, 15) is 4.39 Å². The van der Waals surface area contributed by atoms with Crippen molar-refractivity contribution in [3.8, 4) is 11.3 Å². The van der Waals surface area contributed by atoms with Crippen LogP contribution in [-0.4, -0.2) is 9.97 Å². The van der Waals surface area contributed by atoms with E-state index in [0.717, 1.165) is 33.1 Å². The number of pyridine rings is 1. The predicted octanol–water partition coefficient (Wildman–Crippen LogP) is 5.18. The number of hydrogen-bond donors (Lipinski definition) is 1. The molecule has 2 nitrogen and oxygen atoms in total. The molecule has 0 atom stereocenters. The fourth-order valence-corrected chi connectivity index (χ4v) is 2.84. The number of nitrogens with one attached hydrogen (secondary N) is 1. The Morgan fingerprint density at radius 3 is 2.76 bits per heavy atom. The number of H-pyrrole nitrogens is 1. The molecule has 0 spiro atoms. The number of nitrogens with zero attached hydrogens (tertiary/aromatic N) is 1. The number of hydrogen-bond acceptors (Lipinski definition) is 1. The first-order valence-corrected chi connectivity index (χ1v) is 6.92. The van der Waals surface area contributed by atoms with Crippen molar-refractivity contribution in [2.75, 3.05) is 0 Å². The van der Waals surface area contributed by atoms with Gasteiger partial charge in [-0.1, -0.05) is 29.8 Å². The lowest BCUT2D eigenvalue weighted by Crippen LogP contribution is -1.85. The van der Waals surface area contributed by atoms with Gasteiger partial charge in [-0.25, -0.2) is 9.37 Å². The average Bonchev–Trinajstić information content (AvgIpc) is 2.90. The molecule has 0 saturated carbocycles. The first kappa shape index (κ1) is 12.4. The highest BCUT2D eigenvalue weighted by molar-refractivity contribution is 6.35. The van der Waals surface area contributed by atoms with Crippen molar-refractivity contribution >= 4 is 33.4 Å². The topological polar surface area (TPSA) is 28.7 Å². The summed E-state index contributed by atoms with van der Waals surface area (Å²) in [7, 11) is 0. The molecule has 2 aromatic heterocycles. The molecule has 0 aliphatic carbocycles. The van der Waals surface area contributed by atoms with Gasteiger partial charge in [0.25, 0.3) is 0 Å². The van der Waals surface area contributed by atoms with Crippen molar-refractivity contribution in [2.45, 2.75) is 0 Å². The van der Waals surface area contributed by atoms with Crippen LogP contribution in [0, 0.1) is 5.82 Å². The quantitative estimate of drug-likeness (QED) is 0.515. The Kier molecular flexibility index (Phi) is 2.69. The normalized spacial score (nSPS) is 11.3. The second-order valence-corrected chi connectivity index (χ2v) is 5.31. The van der Waals surface area contributed by atoms with Gasteiger partial charge < -0.3 is 4.98 Å². The van der Waals surface area contributed by atoms with Crippen LogP contribution in [0.25, 0.3) is 33.1 Å². The van der Waals surface area contributed by atoms with Crippen LogP contribution in [-0.2, 0) is 0 Å². The molecule has 1 N–H and O–H groups in total. The van der Waals surface area contributed by atoms with Crippen molar-refractivity contribution in [2.24, 2.45) is 0 Å². The lowest BCUT2D eigenvalue weighted by molar-refractivity contribution is 0.629. The zero-order chi connectivity index (χ0) is 14.4. The Bertz CT molecular complexity index is 975. The third-order valence-corrected chi connectivity index (χ3v) is 3.90. The molecule has 21 heavy (non-hydrogen) atoms. The van der Waals surface area contributed by atoms with Gasteiger partial charge in [-0.05, 0) is 30.3 Å². The lowest BCUT2D eigenvalue weighted by atomic mass is 10.1. The molecular formula is C17H10ClFN2. The number of benzene rings is 2. The maximum absolute atomic E-state index is 13.3. The first-order chi connectivity index (χ1) is 10.2. The van der Waals surface area contributed by atoms with Gasteiger partial charge in [0.15, 0.2) is 0 Å². The van der Waals surface area contributed by atoms with Gasteiger partial charge in [0, 0.05) is 28.0 Å². The largest absolute Gasteiger partial charge is 0.360 e. The predicted molar refractivity (Wildman–Crippen MR) is 84.0 cm³/mol. The molecule has 0 aliphatic rings. The van der Waals surface area contributed by atoms with E-state index in [2.05, 4.69) is 9.97 Å². The summed E-state index contributed by atoms with van der Waals surface area (Å²) in [5.74, 6) is -0.264. The minimum atomic E-state index is -0.264. The van der Waals surface area contributed by atoms with Crippen LogP contribution in [0.5, 0.6) is 0 Å². The maximum Gasteiger partial charge on any atom is 0.125 e. The molecule has 4 heteroatoms. The van der Waals surface area contributed by atoms with E-state index in [1.165, 1.54) is 12.1 Å². The van der Waals surface area contributed by atoms with Gasteiger partial charge in [0.2, 0.25) is 0 Å². The minimum absolute atomic E-state index is 0.264. The summed E-state index contributed by atoms with van der Waals surface area (Å²) in [6.07, 6.45) is 1.83. The van der Waals surface area contributed by atoms with Gasteiger partial charge in [-0.3, -0.25) is 0 Å². The van der Waals surface area contributed by atoms with Gasteiger partial charge in [-0.2, -0.15) is 0 Å². The number of fused-ring (bicyclic) bond motifs is 2. The van der Waals surface area contributed by atoms with E-state index < -0.39 is 0 Å². The number of para-hydroxylation sites is 1. The SMILES string of the molecule is Fc1ccc2c(-c3cc(Cl)c4ccccc4n3)c[nH]c2c1. The summed E-state index contributed by atoms with van der Waals surface area (Å²) in [5.41, 5.74) is 3.28. The first-order valence-electron chi connectivity index (χ1n) is 6.55. The van der Waals surface area contributed by atoms with Crippen LogP contribution in [0.2, 0.25) is 5.02 Å². The molecule has 4 rings (SSSR count). The molecule has 0 aliphatic heterocycles. The van der Waals surface area contributed by atoms with E-state index >= 15 is 0 Å². The van der Waals surface area contributed by atoms with E-state index in [1.807, 2.05) is 36.5 Å². The summed E-state index contributed by atoms with van der Waals surface area (Å²) in [5, 5.41) is 2.51.